The molecule has 2 aliphatic rings. The lowest BCUT2D eigenvalue weighted by Gasteiger charge is -2.36. The predicted molar refractivity (Wildman–Crippen MR) is 162 cm³/mol. The fourth-order valence-electron chi connectivity index (χ4n) is 5.83. The molecule has 0 radical (unpaired) electrons. The third-order valence-corrected chi connectivity index (χ3v) is 8.01. The zero-order valence-corrected chi connectivity index (χ0v) is 24.0. The molecule has 0 aliphatic carbocycles. The van der Waals surface area contributed by atoms with Gasteiger partial charge in [-0.25, -0.2) is 9.37 Å². The van der Waals surface area contributed by atoms with Crippen LogP contribution in [-0.2, 0) is 0 Å². The normalized spacial score (nSPS) is 18.0. The maximum Gasteiger partial charge on any atom is 0.130 e. The fraction of sp³-hybridized carbons (Fsp3) is 0.406. The number of rotatable bonds is 9. The van der Waals surface area contributed by atoms with Crippen LogP contribution in [0.15, 0.2) is 54.7 Å². The van der Waals surface area contributed by atoms with Crippen LogP contribution < -0.4 is 4.90 Å². The van der Waals surface area contributed by atoms with Gasteiger partial charge in [-0.3, -0.25) is 10.3 Å². The highest BCUT2D eigenvalue weighted by Gasteiger charge is 2.27. The number of nitrogens with zero attached hydrogens (tertiary/aromatic N) is 6. The van der Waals surface area contributed by atoms with E-state index in [1.807, 2.05) is 29.2 Å². The molecule has 214 valence electrons. The van der Waals surface area contributed by atoms with E-state index in [0.29, 0.717) is 17.2 Å². The lowest BCUT2D eigenvalue weighted by molar-refractivity contribution is 0.242. The zero-order valence-electron chi connectivity index (χ0n) is 24.0. The van der Waals surface area contributed by atoms with Crippen LogP contribution in [-0.4, -0.2) is 90.4 Å². The second kappa shape index (κ2) is 13.1. The van der Waals surface area contributed by atoms with E-state index in [1.54, 1.807) is 30.5 Å². The molecule has 2 N–H and O–H groups in total. The van der Waals surface area contributed by atoms with Gasteiger partial charge in [0.25, 0.3) is 0 Å². The largest absolute Gasteiger partial charge is 0.368 e. The molecule has 3 aromatic rings. The first-order valence-electron chi connectivity index (χ1n) is 14.4. The number of nitrogens with one attached hydrogen (secondary N) is 2. The van der Waals surface area contributed by atoms with E-state index in [4.69, 9.17) is 5.41 Å². The highest BCUT2D eigenvalue weighted by Crippen LogP contribution is 2.33. The van der Waals surface area contributed by atoms with Crippen LogP contribution in [0.3, 0.4) is 0 Å². The molecule has 2 aliphatic heterocycles. The topological polar surface area (TPSA) is 89.3 Å². The Morgan fingerprint density at radius 1 is 1.17 bits per heavy atom. The number of anilines is 1. The van der Waals surface area contributed by atoms with Gasteiger partial charge < -0.3 is 19.7 Å². The first-order chi connectivity index (χ1) is 19.9. The summed E-state index contributed by atoms with van der Waals surface area (Å²) in [6.45, 7) is 6.82. The molecule has 3 heterocycles. The molecule has 5 rings (SSSR count). The van der Waals surface area contributed by atoms with Crippen molar-refractivity contribution in [1.82, 2.24) is 24.7 Å². The molecule has 0 amide bonds. The fourth-order valence-corrected chi connectivity index (χ4v) is 5.83. The average molecular weight is 555 g/mol. The highest BCUT2D eigenvalue weighted by atomic mass is 19.1. The maximum atomic E-state index is 13.8. The Morgan fingerprint density at radius 2 is 2.00 bits per heavy atom. The van der Waals surface area contributed by atoms with Crippen molar-refractivity contribution in [1.29, 1.82) is 10.7 Å². The number of likely N-dealkylation sites (tertiary alicyclic amines) is 1. The van der Waals surface area contributed by atoms with Gasteiger partial charge in [0.05, 0.1) is 29.2 Å². The summed E-state index contributed by atoms with van der Waals surface area (Å²) < 4.78 is 13.8. The molecule has 8 nitrogen and oxygen atoms in total. The van der Waals surface area contributed by atoms with E-state index in [2.05, 4.69) is 44.8 Å². The molecule has 41 heavy (non-hydrogen) atoms. The second-order valence-electron chi connectivity index (χ2n) is 11.1. The van der Waals surface area contributed by atoms with Crippen LogP contribution in [0.2, 0.25) is 0 Å². The lowest BCUT2D eigenvalue weighted by atomic mass is 10.0. The number of aromatic nitrogens is 2. The van der Waals surface area contributed by atoms with Gasteiger partial charge in [-0.05, 0) is 88.4 Å². The minimum atomic E-state index is -0.249. The number of hydrogen-bond acceptors (Lipinski definition) is 6. The molecule has 2 aromatic carbocycles. The zero-order chi connectivity index (χ0) is 28.8. The molecular weight excluding hydrogens is 515 g/mol. The summed E-state index contributed by atoms with van der Waals surface area (Å²) in [7, 11) is 4.22. The van der Waals surface area contributed by atoms with Crippen LogP contribution in [0, 0.1) is 22.6 Å². The molecule has 1 unspecified atom stereocenters. The molecule has 9 heteroatoms. The number of piperazine rings is 1. The van der Waals surface area contributed by atoms with Crippen molar-refractivity contribution in [3.63, 3.8) is 0 Å². The van der Waals surface area contributed by atoms with Gasteiger partial charge in [0.1, 0.15) is 23.5 Å². The number of benzene rings is 2. The molecular formula is C32H39FN8. The average Bonchev–Trinajstić information content (AvgIpc) is 3.66. The van der Waals surface area contributed by atoms with E-state index < -0.39 is 0 Å². The summed E-state index contributed by atoms with van der Waals surface area (Å²) in [5.41, 5.74) is 4.27. The molecule has 0 saturated carbocycles. The first-order valence-corrected chi connectivity index (χ1v) is 14.4. The summed E-state index contributed by atoms with van der Waals surface area (Å²) in [5.74, 6) is 0.767. The smallest absolute Gasteiger partial charge is 0.130 e. The molecule has 0 bridgehead atoms. The SMILES string of the molecule is CN(C)CCCN1CCN(c2ccc(-c3cnc(/C=C\C(=N)N4CCCC4c4cccc(F)c4)[nH]3)cc2C#N)CC1. The van der Waals surface area contributed by atoms with Gasteiger partial charge in [-0.1, -0.05) is 18.2 Å². The van der Waals surface area contributed by atoms with Gasteiger partial charge in [-0.15, -0.1) is 0 Å². The summed E-state index contributed by atoms with van der Waals surface area (Å²) in [5, 5.41) is 18.6. The number of amidine groups is 1. The minimum absolute atomic E-state index is 0.00369. The van der Waals surface area contributed by atoms with Gasteiger partial charge in [0.15, 0.2) is 0 Å². The van der Waals surface area contributed by atoms with Crippen molar-refractivity contribution in [3.05, 3.63) is 77.5 Å². The lowest BCUT2D eigenvalue weighted by Crippen LogP contribution is -2.47. The monoisotopic (exact) mass is 554 g/mol. The Balaban J connectivity index is 1.21. The first kappa shape index (κ1) is 28.5. The summed E-state index contributed by atoms with van der Waals surface area (Å²) in [4.78, 5) is 16.8. The Labute approximate surface area is 242 Å². The van der Waals surface area contributed by atoms with Crippen molar-refractivity contribution < 1.29 is 4.39 Å². The highest BCUT2D eigenvalue weighted by molar-refractivity contribution is 5.94. The van der Waals surface area contributed by atoms with Crippen molar-refractivity contribution in [2.75, 3.05) is 64.8 Å². The number of aromatic amines is 1. The number of hydrogen-bond donors (Lipinski definition) is 2. The van der Waals surface area contributed by atoms with Crippen molar-refractivity contribution >= 4 is 17.6 Å². The number of imidazole rings is 1. The van der Waals surface area contributed by atoms with Crippen LogP contribution in [0.25, 0.3) is 17.3 Å². The summed E-state index contributed by atoms with van der Waals surface area (Å²) in [6, 6.07) is 15.1. The second-order valence-corrected chi connectivity index (χ2v) is 11.1. The molecule has 0 spiro atoms. The van der Waals surface area contributed by atoms with Gasteiger partial charge >= 0.3 is 0 Å². The number of halogens is 1. The standard InChI is InChI=1S/C32H39FN8/c1-38(2)13-5-14-39-16-18-40(19-17-39)29-10-9-24(20-26(29)22-34)28-23-36-32(37-28)12-11-31(35)41-15-4-8-30(41)25-6-3-7-27(33)21-25/h3,6-7,9-12,20-21,23,30,35H,4-5,8,13-19H2,1-2H3,(H,36,37)/b12-11-,35-31?. The Kier molecular flexibility index (Phi) is 9.12. The van der Waals surface area contributed by atoms with E-state index in [-0.39, 0.29) is 11.9 Å². The Morgan fingerprint density at radius 3 is 2.76 bits per heavy atom. The van der Waals surface area contributed by atoms with Crippen LogP contribution in [0.4, 0.5) is 10.1 Å². The summed E-state index contributed by atoms with van der Waals surface area (Å²) in [6.07, 6.45) is 8.33. The third-order valence-electron chi connectivity index (χ3n) is 8.01. The van der Waals surface area contributed by atoms with Crippen molar-refractivity contribution in [3.8, 4) is 17.3 Å². The molecule has 1 aromatic heterocycles. The molecule has 2 saturated heterocycles. The summed E-state index contributed by atoms with van der Waals surface area (Å²) >= 11 is 0. The van der Waals surface area contributed by atoms with Gasteiger partial charge in [0, 0.05) is 38.3 Å². The van der Waals surface area contributed by atoms with Crippen LogP contribution >= 0.6 is 0 Å². The Hall–Kier alpha value is -4.00. The van der Waals surface area contributed by atoms with Gasteiger partial charge in [0.2, 0.25) is 0 Å². The number of H-pyrrole nitrogens is 1. The predicted octanol–water partition coefficient (Wildman–Crippen LogP) is 4.99. The van der Waals surface area contributed by atoms with E-state index >= 15 is 0 Å². The van der Waals surface area contributed by atoms with E-state index in [9.17, 15) is 9.65 Å². The Bertz CT molecular complexity index is 1410. The van der Waals surface area contributed by atoms with E-state index in [1.165, 1.54) is 12.5 Å². The van der Waals surface area contributed by atoms with E-state index in [0.717, 1.165) is 81.2 Å². The van der Waals surface area contributed by atoms with Crippen LogP contribution in [0.5, 0.6) is 0 Å². The minimum Gasteiger partial charge on any atom is -0.368 e. The van der Waals surface area contributed by atoms with Crippen molar-refractivity contribution in [2.45, 2.75) is 25.3 Å². The quantitative estimate of drug-likeness (QED) is 0.286. The molecule has 2 fully saturated rings. The maximum absolute atomic E-state index is 13.8. The van der Waals surface area contributed by atoms with Crippen LogP contribution in [0.1, 0.15) is 42.3 Å². The number of nitriles is 1. The third kappa shape index (κ3) is 7.02. The van der Waals surface area contributed by atoms with Crippen molar-refractivity contribution in [2.24, 2.45) is 0 Å². The molecule has 1 atom stereocenters. The van der Waals surface area contributed by atoms with Gasteiger partial charge in [-0.2, -0.15) is 5.26 Å².